The van der Waals surface area contributed by atoms with Crippen LogP contribution in [0.3, 0.4) is 0 Å². The normalized spacial score (nSPS) is 17.4. The summed E-state index contributed by atoms with van der Waals surface area (Å²) in [6.45, 7) is 7.07. The second kappa shape index (κ2) is 8.97. The molecule has 1 N–H and O–H groups in total. The van der Waals surface area contributed by atoms with E-state index in [1.165, 1.54) is 0 Å². The van der Waals surface area contributed by atoms with Crippen molar-refractivity contribution in [3.05, 3.63) is 47.5 Å². The van der Waals surface area contributed by atoms with Gasteiger partial charge in [-0.05, 0) is 31.5 Å². The van der Waals surface area contributed by atoms with E-state index in [4.69, 9.17) is 0 Å². The van der Waals surface area contributed by atoms with Crippen LogP contribution in [0.25, 0.3) is 0 Å². The van der Waals surface area contributed by atoms with Gasteiger partial charge < -0.3 is 10.2 Å². The molecule has 1 aliphatic rings. The third-order valence-corrected chi connectivity index (χ3v) is 5.09. The molecule has 3 rings (SSSR count). The summed E-state index contributed by atoms with van der Waals surface area (Å²) in [5, 5.41) is 7.31. The van der Waals surface area contributed by atoms with Crippen LogP contribution in [-0.2, 0) is 22.7 Å². The predicted molar refractivity (Wildman–Crippen MR) is 105 cm³/mol. The van der Waals surface area contributed by atoms with Gasteiger partial charge in [0, 0.05) is 51.3 Å². The molecule has 1 aliphatic heterocycles. The average molecular weight is 384 g/mol. The number of piperazine rings is 1. The van der Waals surface area contributed by atoms with Crippen molar-refractivity contribution in [3.63, 3.8) is 0 Å². The summed E-state index contributed by atoms with van der Waals surface area (Å²) in [5.41, 5.74) is 3.08. The van der Waals surface area contributed by atoms with Crippen molar-refractivity contribution in [1.82, 2.24) is 29.9 Å². The van der Waals surface area contributed by atoms with E-state index in [1.807, 2.05) is 36.7 Å². The fourth-order valence-corrected chi connectivity index (χ4v) is 3.49. The molecule has 150 valence electrons. The Labute approximate surface area is 165 Å². The highest BCUT2D eigenvalue weighted by atomic mass is 16.2. The summed E-state index contributed by atoms with van der Waals surface area (Å²) in [5.74, 6) is -0.129. The van der Waals surface area contributed by atoms with E-state index in [1.54, 1.807) is 24.3 Å². The van der Waals surface area contributed by atoms with Crippen molar-refractivity contribution < 1.29 is 9.59 Å². The fraction of sp³-hybridized carbons (Fsp3) is 0.500. The molecule has 2 aromatic rings. The third-order valence-electron chi connectivity index (χ3n) is 5.09. The highest BCUT2D eigenvalue weighted by Gasteiger charge is 2.32. The molecule has 8 nitrogen and oxygen atoms in total. The van der Waals surface area contributed by atoms with Crippen molar-refractivity contribution in [3.8, 4) is 0 Å². The first-order valence-electron chi connectivity index (χ1n) is 9.59. The molecule has 1 unspecified atom stereocenters. The maximum absolute atomic E-state index is 12.7. The van der Waals surface area contributed by atoms with Crippen LogP contribution in [-0.4, -0.2) is 69.1 Å². The van der Waals surface area contributed by atoms with E-state index in [9.17, 15) is 9.59 Å². The number of aromatic nitrogens is 3. The van der Waals surface area contributed by atoms with Crippen LogP contribution in [0.2, 0.25) is 0 Å². The number of rotatable bonds is 7. The van der Waals surface area contributed by atoms with Gasteiger partial charge in [-0.25, -0.2) is 0 Å². The monoisotopic (exact) mass is 384 g/mol. The lowest BCUT2D eigenvalue weighted by Gasteiger charge is -2.35. The lowest BCUT2D eigenvalue weighted by atomic mass is 10.1. The van der Waals surface area contributed by atoms with Gasteiger partial charge in [-0.15, -0.1) is 0 Å². The Morgan fingerprint density at radius 3 is 2.89 bits per heavy atom. The topological polar surface area (TPSA) is 83.4 Å². The first-order valence-corrected chi connectivity index (χ1v) is 9.59. The number of carbonyl (C=O) groups excluding carboxylic acids is 2. The van der Waals surface area contributed by atoms with Crippen LogP contribution in [0, 0.1) is 13.8 Å². The summed E-state index contributed by atoms with van der Waals surface area (Å²) in [4.78, 5) is 33.0. The van der Waals surface area contributed by atoms with Gasteiger partial charge in [-0.1, -0.05) is 6.07 Å². The molecular weight excluding hydrogens is 356 g/mol. The maximum atomic E-state index is 12.7. The zero-order valence-corrected chi connectivity index (χ0v) is 16.8. The number of pyridine rings is 1. The van der Waals surface area contributed by atoms with Gasteiger partial charge in [0.05, 0.1) is 24.7 Å². The van der Waals surface area contributed by atoms with Gasteiger partial charge >= 0.3 is 0 Å². The Kier molecular flexibility index (Phi) is 6.41. The van der Waals surface area contributed by atoms with Gasteiger partial charge in [-0.3, -0.25) is 24.2 Å². The van der Waals surface area contributed by atoms with Crippen LogP contribution >= 0.6 is 0 Å². The average Bonchev–Trinajstić information content (AvgIpc) is 3.00. The van der Waals surface area contributed by atoms with Gasteiger partial charge in [0.15, 0.2) is 0 Å². The van der Waals surface area contributed by atoms with Crippen molar-refractivity contribution in [2.24, 2.45) is 0 Å². The first-order chi connectivity index (χ1) is 13.4. The molecule has 2 amide bonds. The van der Waals surface area contributed by atoms with Crippen molar-refractivity contribution in [2.75, 3.05) is 26.7 Å². The number of nitrogens with zero attached hydrogens (tertiary/aromatic N) is 5. The van der Waals surface area contributed by atoms with E-state index in [2.05, 4.69) is 20.3 Å². The highest BCUT2D eigenvalue weighted by Crippen LogP contribution is 2.14. The number of hydrogen-bond acceptors (Lipinski definition) is 5. The Balaban J connectivity index is 1.59. The number of aryl methyl sites for hydroxylation is 2. The zero-order chi connectivity index (χ0) is 20.1. The highest BCUT2D eigenvalue weighted by molar-refractivity contribution is 5.88. The Morgan fingerprint density at radius 1 is 1.39 bits per heavy atom. The van der Waals surface area contributed by atoms with E-state index in [0.29, 0.717) is 32.7 Å². The van der Waals surface area contributed by atoms with Crippen molar-refractivity contribution in [1.29, 1.82) is 0 Å². The van der Waals surface area contributed by atoms with Gasteiger partial charge in [0.1, 0.15) is 0 Å². The molecule has 2 aromatic heterocycles. The quantitative estimate of drug-likeness (QED) is 0.761. The lowest BCUT2D eigenvalue weighted by molar-refractivity contribution is -0.138. The minimum atomic E-state index is -0.461. The summed E-state index contributed by atoms with van der Waals surface area (Å²) in [6, 6.07) is 5.42. The Hall–Kier alpha value is -2.74. The number of likely N-dealkylation sites (N-methyl/N-ethyl adjacent to an activating group) is 1. The zero-order valence-electron chi connectivity index (χ0n) is 16.8. The van der Waals surface area contributed by atoms with Gasteiger partial charge in [-0.2, -0.15) is 5.10 Å². The minimum Gasteiger partial charge on any atom is -0.353 e. The van der Waals surface area contributed by atoms with Gasteiger partial charge in [0.25, 0.3) is 0 Å². The summed E-state index contributed by atoms with van der Waals surface area (Å²) >= 11 is 0. The molecule has 3 heterocycles. The van der Waals surface area contributed by atoms with Crippen molar-refractivity contribution in [2.45, 2.75) is 39.4 Å². The van der Waals surface area contributed by atoms with Crippen LogP contribution < -0.4 is 5.32 Å². The van der Waals surface area contributed by atoms with Crippen LogP contribution in [0.1, 0.15) is 23.4 Å². The molecule has 1 fully saturated rings. The molecule has 28 heavy (non-hydrogen) atoms. The number of hydrogen-bond donors (Lipinski definition) is 1. The van der Waals surface area contributed by atoms with E-state index in [-0.39, 0.29) is 18.2 Å². The van der Waals surface area contributed by atoms with E-state index in [0.717, 1.165) is 17.0 Å². The second-order valence-electron chi connectivity index (χ2n) is 7.31. The van der Waals surface area contributed by atoms with Crippen LogP contribution in [0.15, 0.2) is 30.6 Å². The Morgan fingerprint density at radius 2 is 2.21 bits per heavy atom. The molecule has 1 saturated heterocycles. The molecule has 0 aliphatic carbocycles. The first kappa shape index (κ1) is 20.0. The lowest BCUT2D eigenvalue weighted by Crippen LogP contribution is -2.56. The third kappa shape index (κ3) is 4.95. The number of amides is 2. The minimum absolute atomic E-state index is 0.0419. The van der Waals surface area contributed by atoms with E-state index >= 15 is 0 Å². The molecule has 8 heteroatoms. The summed E-state index contributed by atoms with van der Waals surface area (Å²) < 4.78 is 1.90. The predicted octanol–water partition coefficient (Wildman–Crippen LogP) is 0.744. The largest absolute Gasteiger partial charge is 0.353 e. The van der Waals surface area contributed by atoms with Crippen LogP contribution in [0.4, 0.5) is 0 Å². The number of carbonyl (C=O) groups is 2. The molecule has 0 aromatic carbocycles. The maximum Gasteiger partial charge on any atom is 0.237 e. The Bertz CT molecular complexity index is 819. The van der Waals surface area contributed by atoms with Gasteiger partial charge in [0.2, 0.25) is 11.8 Å². The second-order valence-corrected chi connectivity index (χ2v) is 7.31. The van der Waals surface area contributed by atoms with E-state index < -0.39 is 6.04 Å². The molecule has 0 saturated carbocycles. The molecule has 0 bridgehead atoms. The fourth-order valence-electron chi connectivity index (χ4n) is 3.49. The summed E-state index contributed by atoms with van der Waals surface area (Å²) in [6.07, 6.45) is 3.69. The molecule has 0 spiro atoms. The van der Waals surface area contributed by atoms with Crippen molar-refractivity contribution >= 4 is 11.8 Å². The molecule has 1 atom stereocenters. The SMILES string of the molecule is Cc1cc(C)n(CCN(C)C(=O)CC2C(=O)NCCN2Cc2cccnc2)n1. The standard InChI is InChI=1S/C20H28N6O2/c1-15-11-16(2)26(23-15)10-9-24(3)19(27)12-18-20(28)22-7-8-25(18)14-17-5-4-6-21-13-17/h4-6,11,13,18H,7-10,12,14H2,1-3H3,(H,22,28). The van der Waals surface area contributed by atoms with Crippen LogP contribution in [0.5, 0.6) is 0 Å². The smallest absolute Gasteiger partial charge is 0.237 e. The number of nitrogens with one attached hydrogen (secondary N) is 1. The molecular formula is C20H28N6O2. The molecule has 0 radical (unpaired) electrons. The summed E-state index contributed by atoms with van der Waals surface area (Å²) in [7, 11) is 1.78.